The van der Waals surface area contributed by atoms with Gasteiger partial charge in [-0.15, -0.1) is 0 Å². The van der Waals surface area contributed by atoms with Crippen LogP contribution in [0.2, 0.25) is 0 Å². The molecule has 1 atom stereocenters. The Morgan fingerprint density at radius 3 is 1.93 bits per heavy atom. The zero-order valence-corrected chi connectivity index (χ0v) is 10.2. The van der Waals surface area contributed by atoms with Crippen LogP contribution >= 0.6 is 0 Å². The summed E-state index contributed by atoms with van der Waals surface area (Å²) < 4.78 is 0. The molecule has 1 aromatic rings. The van der Waals surface area contributed by atoms with Crippen LogP contribution in [-0.4, -0.2) is 5.11 Å². The molecule has 84 valence electrons. The molecular formula is C14H22O. The van der Waals surface area contributed by atoms with Crippen LogP contribution in [0.1, 0.15) is 45.6 Å². The fourth-order valence-corrected chi connectivity index (χ4v) is 2.02. The maximum Gasteiger partial charge on any atom is 0.115 e. The molecule has 1 unspecified atom stereocenters. The second kappa shape index (κ2) is 5.20. The van der Waals surface area contributed by atoms with Crippen molar-refractivity contribution in [3.8, 4) is 5.75 Å². The molecule has 15 heavy (non-hydrogen) atoms. The van der Waals surface area contributed by atoms with Crippen molar-refractivity contribution in [1.29, 1.82) is 0 Å². The van der Waals surface area contributed by atoms with Gasteiger partial charge in [-0.25, -0.2) is 0 Å². The molecule has 0 saturated heterocycles. The zero-order valence-electron chi connectivity index (χ0n) is 10.2. The standard InChI is InChI=1S/C14H22O/c1-10(2)9-14(11(3)4)12-5-7-13(15)8-6-12/h5-8,10-11,14-15H,9H2,1-4H3. The lowest BCUT2D eigenvalue weighted by Crippen LogP contribution is -2.09. The molecule has 0 aliphatic rings. The van der Waals surface area contributed by atoms with Crippen molar-refractivity contribution in [3.05, 3.63) is 29.8 Å². The van der Waals surface area contributed by atoms with Crippen molar-refractivity contribution in [2.45, 2.75) is 40.0 Å². The highest BCUT2D eigenvalue weighted by Crippen LogP contribution is 2.31. The molecule has 1 nitrogen and oxygen atoms in total. The van der Waals surface area contributed by atoms with E-state index in [2.05, 4.69) is 27.7 Å². The van der Waals surface area contributed by atoms with Gasteiger partial charge in [-0.2, -0.15) is 0 Å². The molecule has 1 rings (SSSR count). The molecule has 0 amide bonds. The van der Waals surface area contributed by atoms with Gasteiger partial charge in [0.1, 0.15) is 5.75 Å². The molecule has 0 aromatic heterocycles. The van der Waals surface area contributed by atoms with Gasteiger partial charge in [0.05, 0.1) is 0 Å². The van der Waals surface area contributed by atoms with Gasteiger partial charge in [0.15, 0.2) is 0 Å². The second-order valence-electron chi connectivity index (χ2n) is 5.07. The summed E-state index contributed by atoms with van der Waals surface area (Å²) in [5.74, 6) is 2.32. The number of phenolic OH excluding ortho intramolecular Hbond substituents is 1. The van der Waals surface area contributed by atoms with Crippen molar-refractivity contribution in [2.24, 2.45) is 11.8 Å². The number of aromatic hydroxyl groups is 1. The van der Waals surface area contributed by atoms with Gasteiger partial charge in [0.25, 0.3) is 0 Å². The van der Waals surface area contributed by atoms with E-state index < -0.39 is 0 Å². The van der Waals surface area contributed by atoms with Crippen molar-refractivity contribution < 1.29 is 5.11 Å². The zero-order chi connectivity index (χ0) is 11.4. The van der Waals surface area contributed by atoms with Crippen LogP contribution in [0.15, 0.2) is 24.3 Å². The third-order valence-corrected chi connectivity index (χ3v) is 2.85. The predicted molar refractivity (Wildman–Crippen MR) is 65.1 cm³/mol. The lowest BCUT2D eigenvalue weighted by molar-refractivity contribution is 0.407. The number of hydrogen-bond acceptors (Lipinski definition) is 1. The van der Waals surface area contributed by atoms with E-state index in [-0.39, 0.29) is 0 Å². The van der Waals surface area contributed by atoms with Crippen LogP contribution in [0, 0.1) is 11.8 Å². The van der Waals surface area contributed by atoms with Gasteiger partial charge in [-0.05, 0) is 41.9 Å². The first-order chi connectivity index (χ1) is 7.00. The van der Waals surface area contributed by atoms with Gasteiger partial charge in [0.2, 0.25) is 0 Å². The molecule has 0 fully saturated rings. The highest BCUT2D eigenvalue weighted by atomic mass is 16.3. The fourth-order valence-electron chi connectivity index (χ4n) is 2.02. The maximum absolute atomic E-state index is 9.26. The summed E-state index contributed by atoms with van der Waals surface area (Å²) in [6.45, 7) is 9.05. The highest BCUT2D eigenvalue weighted by molar-refractivity contribution is 5.28. The van der Waals surface area contributed by atoms with Crippen LogP contribution in [0.4, 0.5) is 0 Å². The summed E-state index contributed by atoms with van der Waals surface area (Å²) in [6.07, 6.45) is 1.21. The largest absolute Gasteiger partial charge is 0.508 e. The molecule has 0 spiro atoms. The maximum atomic E-state index is 9.26. The summed E-state index contributed by atoms with van der Waals surface area (Å²) in [6, 6.07) is 7.65. The third kappa shape index (κ3) is 3.58. The average molecular weight is 206 g/mol. The Hall–Kier alpha value is -0.980. The molecule has 0 aliphatic heterocycles. The minimum absolute atomic E-state index is 0.353. The van der Waals surface area contributed by atoms with Gasteiger partial charge in [-0.3, -0.25) is 0 Å². The summed E-state index contributed by atoms with van der Waals surface area (Å²) in [4.78, 5) is 0. The van der Waals surface area contributed by atoms with E-state index >= 15 is 0 Å². The lowest BCUT2D eigenvalue weighted by Gasteiger charge is -2.23. The topological polar surface area (TPSA) is 20.2 Å². The van der Waals surface area contributed by atoms with Gasteiger partial charge < -0.3 is 5.11 Å². The molecule has 1 N–H and O–H groups in total. The van der Waals surface area contributed by atoms with Crippen molar-refractivity contribution >= 4 is 0 Å². The Kier molecular flexibility index (Phi) is 4.19. The van der Waals surface area contributed by atoms with Gasteiger partial charge >= 0.3 is 0 Å². The Morgan fingerprint density at radius 1 is 1.00 bits per heavy atom. The molecule has 0 saturated carbocycles. The molecule has 1 aromatic carbocycles. The van der Waals surface area contributed by atoms with Crippen LogP contribution in [0.5, 0.6) is 5.75 Å². The number of hydrogen-bond donors (Lipinski definition) is 1. The van der Waals surface area contributed by atoms with Crippen molar-refractivity contribution in [1.82, 2.24) is 0 Å². The molecule has 0 radical (unpaired) electrons. The monoisotopic (exact) mass is 206 g/mol. The van der Waals surface area contributed by atoms with E-state index in [4.69, 9.17) is 0 Å². The summed E-state index contributed by atoms with van der Waals surface area (Å²) in [5, 5.41) is 9.26. The Bertz CT molecular complexity index is 285. The Morgan fingerprint density at radius 2 is 1.53 bits per heavy atom. The SMILES string of the molecule is CC(C)CC(c1ccc(O)cc1)C(C)C. The molecule has 0 heterocycles. The summed E-state index contributed by atoms with van der Waals surface area (Å²) in [5.41, 5.74) is 1.34. The lowest BCUT2D eigenvalue weighted by atomic mass is 9.82. The smallest absolute Gasteiger partial charge is 0.115 e. The van der Waals surface area contributed by atoms with Crippen molar-refractivity contribution in [3.63, 3.8) is 0 Å². The van der Waals surface area contributed by atoms with E-state index in [1.54, 1.807) is 12.1 Å². The minimum atomic E-state index is 0.353. The fraction of sp³-hybridized carbons (Fsp3) is 0.571. The van der Waals surface area contributed by atoms with E-state index in [1.807, 2.05) is 12.1 Å². The number of phenols is 1. The summed E-state index contributed by atoms with van der Waals surface area (Å²) in [7, 11) is 0. The third-order valence-electron chi connectivity index (χ3n) is 2.85. The number of benzene rings is 1. The summed E-state index contributed by atoms with van der Waals surface area (Å²) >= 11 is 0. The van der Waals surface area contributed by atoms with Crippen LogP contribution in [-0.2, 0) is 0 Å². The van der Waals surface area contributed by atoms with E-state index in [0.29, 0.717) is 23.5 Å². The van der Waals surface area contributed by atoms with E-state index in [1.165, 1.54) is 12.0 Å². The average Bonchev–Trinajstić information content (AvgIpc) is 2.15. The van der Waals surface area contributed by atoms with Crippen molar-refractivity contribution in [2.75, 3.05) is 0 Å². The van der Waals surface area contributed by atoms with Crippen LogP contribution in [0.3, 0.4) is 0 Å². The minimum Gasteiger partial charge on any atom is -0.508 e. The van der Waals surface area contributed by atoms with Gasteiger partial charge in [0, 0.05) is 0 Å². The Balaban J connectivity index is 2.84. The first kappa shape index (κ1) is 12.1. The molecule has 0 aliphatic carbocycles. The Labute approximate surface area is 93.1 Å². The first-order valence-electron chi connectivity index (χ1n) is 5.79. The molecule has 1 heteroatoms. The number of rotatable bonds is 4. The first-order valence-corrected chi connectivity index (χ1v) is 5.79. The van der Waals surface area contributed by atoms with E-state index in [0.717, 1.165) is 0 Å². The quantitative estimate of drug-likeness (QED) is 0.783. The predicted octanol–water partition coefficient (Wildman–Crippen LogP) is 4.18. The van der Waals surface area contributed by atoms with E-state index in [9.17, 15) is 5.11 Å². The normalized spacial score (nSPS) is 13.5. The van der Waals surface area contributed by atoms with Gasteiger partial charge in [-0.1, -0.05) is 39.8 Å². The second-order valence-corrected chi connectivity index (χ2v) is 5.07. The molecular weight excluding hydrogens is 184 g/mol. The highest BCUT2D eigenvalue weighted by Gasteiger charge is 2.16. The van der Waals surface area contributed by atoms with Crippen LogP contribution in [0.25, 0.3) is 0 Å². The van der Waals surface area contributed by atoms with Crippen LogP contribution < -0.4 is 0 Å². The molecule has 0 bridgehead atoms.